The second kappa shape index (κ2) is 9.31. The maximum Gasteiger partial charge on any atom is 0.319 e. The van der Waals surface area contributed by atoms with Crippen molar-refractivity contribution in [3.8, 4) is 29.3 Å². The Morgan fingerprint density at radius 3 is 2.54 bits per heavy atom. The number of amides is 2. The van der Waals surface area contributed by atoms with Gasteiger partial charge in [-0.25, -0.2) is 9.97 Å². The van der Waals surface area contributed by atoms with Crippen LogP contribution < -0.4 is 19.7 Å². The number of benzene rings is 2. The summed E-state index contributed by atoms with van der Waals surface area (Å²) < 4.78 is 12.5. The largest absolute Gasteiger partial charge is 0.480 e. The van der Waals surface area contributed by atoms with E-state index in [1.54, 1.807) is 6.07 Å². The van der Waals surface area contributed by atoms with Crippen molar-refractivity contribution in [1.82, 2.24) is 19.5 Å². The van der Waals surface area contributed by atoms with Gasteiger partial charge in [0.15, 0.2) is 11.2 Å². The number of nitriles is 1. The molecule has 4 aromatic rings. The van der Waals surface area contributed by atoms with Crippen molar-refractivity contribution in [2.24, 2.45) is 0 Å². The van der Waals surface area contributed by atoms with Crippen molar-refractivity contribution >= 4 is 34.8 Å². The average molecular weight is 570 g/mol. The number of rotatable bonds is 5. The normalized spacial score (nSPS) is 17.1. The molecule has 0 saturated heterocycles. The SMILES string of the molecule is COc1ncc(-c2nc3c(n2C(C)C)C2(C(=O)Nc4cc(C)ccc42)N(c2ccc(C#N)c(Cl)c2)C3=O)c(OC)n1. The molecular weight excluding hydrogens is 546 g/mol. The maximum atomic E-state index is 14.4. The first-order valence-corrected chi connectivity index (χ1v) is 13.1. The second-order valence-corrected chi connectivity index (χ2v) is 10.4. The fourth-order valence-electron chi connectivity index (χ4n) is 5.66. The molecule has 2 aliphatic heterocycles. The minimum atomic E-state index is -1.62. The number of anilines is 2. The molecule has 6 rings (SSSR count). The molecule has 206 valence electrons. The second-order valence-electron chi connectivity index (χ2n) is 10.0. The summed E-state index contributed by atoms with van der Waals surface area (Å²) in [5.74, 6) is -0.356. The Morgan fingerprint density at radius 2 is 1.88 bits per heavy atom. The number of methoxy groups -OCH3 is 2. The van der Waals surface area contributed by atoms with Gasteiger partial charge in [0.05, 0.1) is 36.1 Å². The van der Waals surface area contributed by atoms with Crippen molar-refractivity contribution in [2.75, 3.05) is 24.4 Å². The van der Waals surface area contributed by atoms with Gasteiger partial charge in [-0.3, -0.25) is 14.5 Å². The predicted molar refractivity (Wildman–Crippen MR) is 150 cm³/mol. The number of ether oxygens (including phenoxy) is 2. The van der Waals surface area contributed by atoms with E-state index < -0.39 is 17.4 Å². The molecule has 1 atom stereocenters. The molecule has 0 saturated carbocycles. The number of carbonyl (C=O) groups excluding carboxylic acids is 2. The number of nitrogens with zero attached hydrogens (tertiary/aromatic N) is 6. The number of hydrogen-bond donors (Lipinski definition) is 1. The smallest absolute Gasteiger partial charge is 0.319 e. The first kappa shape index (κ1) is 26.3. The van der Waals surface area contributed by atoms with Crippen LogP contribution in [-0.4, -0.2) is 45.6 Å². The van der Waals surface area contributed by atoms with Crippen LogP contribution in [0.2, 0.25) is 5.02 Å². The number of aryl methyl sites for hydroxylation is 1. The molecule has 0 radical (unpaired) electrons. The zero-order valence-electron chi connectivity index (χ0n) is 22.8. The number of carbonyl (C=O) groups is 2. The van der Waals surface area contributed by atoms with Crippen LogP contribution in [0.4, 0.5) is 11.4 Å². The minimum absolute atomic E-state index is 0.0932. The number of hydrogen-bond acceptors (Lipinski definition) is 8. The lowest BCUT2D eigenvalue weighted by molar-refractivity contribution is -0.119. The van der Waals surface area contributed by atoms with E-state index in [4.69, 9.17) is 26.1 Å². The van der Waals surface area contributed by atoms with E-state index in [1.165, 1.54) is 37.4 Å². The monoisotopic (exact) mass is 569 g/mol. The van der Waals surface area contributed by atoms with E-state index in [9.17, 15) is 14.9 Å². The number of fused-ring (bicyclic) bond motifs is 4. The predicted octanol–water partition coefficient (Wildman–Crippen LogP) is 4.63. The van der Waals surface area contributed by atoms with Gasteiger partial charge in [-0.15, -0.1) is 0 Å². The van der Waals surface area contributed by atoms with E-state index in [1.807, 2.05) is 49.6 Å². The van der Waals surface area contributed by atoms with Gasteiger partial charge < -0.3 is 19.4 Å². The highest BCUT2D eigenvalue weighted by Gasteiger charge is 2.64. The van der Waals surface area contributed by atoms with Gasteiger partial charge in [0.1, 0.15) is 11.9 Å². The summed E-state index contributed by atoms with van der Waals surface area (Å²) in [7, 11) is 2.91. The molecule has 11 nitrogen and oxygen atoms in total. The highest BCUT2D eigenvalue weighted by atomic mass is 35.5. The Balaban J connectivity index is 1.70. The molecule has 1 spiro atoms. The van der Waals surface area contributed by atoms with E-state index in [-0.39, 0.29) is 34.2 Å². The summed E-state index contributed by atoms with van der Waals surface area (Å²) in [5, 5.41) is 12.6. The van der Waals surface area contributed by atoms with E-state index in [2.05, 4.69) is 15.3 Å². The number of imidazole rings is 1. The van der Waals surface area contributed by atoms with Gasteiger partial charge >= 0.3 is 6.01 Å². The first-order chi connectivity index (χ1) is 19.7. The maximum absolute atomic E-state index is 14.4. The van der Waals surface area contributed by atoms with Crippen LogP contribution in [0, 0.1) is 18.3 Å². The van der Waals surface area contributed by atoms with Crippen molar-refractivity contribution < 1.29 is 19.1 Å². The fourth-order valence-corrected chi connectivity index (χ4v) is 5.87. The Hall–Kier alpha value is -4.95. The standard InChI is InChI=1S/C29H24ClN7O4/c1-14(2)36-23-22(34-24(36)18-13-32-28(41-5)35-25(18)40-4)26(38)37(17-8-7-16(12-31)20(30)11-17)29(23)19-9-6-15(3)10-21(19)33-27(29)39/h6-11,13-14H,1-5H3,(H,33,39). The third-order valence-electron chi connectivity index (χ3n) is 7.33. The summed E-state index contributed by atoms with van der Waals surface area (Å²) in [4.78, 5) is 43.5. The Labute approximate surface area is 240 Å². The van der Waals surface area contributed by atoms with Gasteiger partial charge in [0.25, 0.3) is 11.8 Å². The van der Waals surface area contributed by atoms with Crippen molar-refractivity contribution in [3.05, 3.63) is 75.7 Å². The zero-order chi connectivity index (χ0) is 29.2. The van der Waals surface area contributed by atoms with Crippen LogP contribution >= 0.6 is 11.6 Å². The summed E-state index contributed by atoms with van der Waals surface area (Å²) in [6, 6.07) is 12.1. The van der Waals surface area contributed by atoms with Gasteiger partial charge in [-0.2, -0.15) is 10.2 Å². The zero-order valence-corrected chi connectivity index (χ0v) is 23.6. The highest BCUT2D eigenvalue weighted by Crippen LogP contribution is 2.54. The minimum Gasteiger partial charge on any atom is -0.480 e. The van der Waals surface area contributed by atoms with Crippen LogP contribution in [0.1, 0.15) is 52.8 Å². The molecule has 4 heterocycles. The molecule has 2 aliphatic rings. The molecular formula is C29H24ClN7O4. The van der Waals surface area contributed by atoms with E-state index in [0.717, 1.165) is 5.56 Å². The number of halogens is 1. The Bertz CT molecular complexity index is 1830. The molecule has 12 heteroatoms. The van der Waals surface area contributed by atoms with Crippen molar-refractivity contribution in [1.29, 1.82) is 5.26 Å². The molecule has 0 aliphatic carbocycles. The molecule has 1 unspecified atom stereocenters. The van der Waals surface area contributed by atoms with Crippen LogP contribution in [0.25, 0.3) is 11.4 Å². The molecule has 2 amide bonds. The van der Waals surface area contributed by atoms with Crippen LogP contribution in [0.15, 0.2) is 42.6 Å². The van der Waals surface area contributed by atoms with Crippen molar-refractivity contribution in [2.45, 2.75) is 32.4 Å². The summed E-state index contributed by atoms with van der Waals surface area (Å²) in [5.41, 5.74) is 2.01. The average Bonchev–Trinajstić information content (AvgIpc) is 3.56. The van der Waals surface area contributed by atoms with Crippen molar-refractivity contribution in [3.63, 3.8) is 0 Å². The Kier molecular flexibility index (Phi) is 5.97. The van der Waals surface area contributed by atoms with Crippen LogP contribution in [-0.2, 0) is 10.3 Å². The van der Waals surface area contributed by atoms with Gasteiger partial charge in [-0.1, -0.05) is 23.7 Å². The third-order valence-corrected chi connectivity index (χ3v) is 7.65. The molecule has 2 aromatic carbocycles. The number of nitrogens with one attached hydrogen (secondary N) is 1. The summed E-state index contributed by atoms with van der Waals surface area (Å²) in [6.07, 6.45) is 1.52. The van der Waals surface area contributed by atoms with E-state index >= 15 is 0 Å². The van der Waals surface area contributed by atoms with Gasteiger partial charge in [0.2, 0.25) is 5.88 Å². The Morgan fingerprint density at radius 1 is 1.10 bits per heavy atom. The lowest BCUT2D eigenvalue weighted by Crippen LogP contribution is -2.51. The molecule has 1 N–H and O–H groups in total. The van der Waals surface area contributed by atoms with E-state index in [0.29, 0.717) is 34.0 Å². The summed E-state index contributed by atoms with van der Waals surface area (Å²) >= 11 is 6.42. The lowest BCUT2D eigenvalue weighted by Gasteiger charge is -2.35. The topological polar surface area (TPSA) is 135 Å². The fraction of sp³-hybridized carbons (Fsp3) is 0.241. The van der Waals surface area contributed by atoms with Gasteiger partial charge in [0, 0.05) is 29.2 Å². The third kappa shape index (κ3) is 3.54. The van der Waals surface area contributed by atoms with Crippen LogP contribution in [0.5, 0.6) is 11.9 Å². The molecule has 0 bridgehead atoms. The number of aromatic nitrogens is 4. The lowest BCUT2D eigenvalue weighted by atomic mass is 9.86. The van der Waals surface area contributed by atoms with Crippen LogP contribution in [0.3, 0.4) is 0 Å². The van der Waals surface area contributed by atoms with Gasteiger partial charge in [-0.05, 0) is 50.6 Å². The molecule has 2 aromatic heterocycles. The quantitative estimate of drug-likeness (QED) is 0.367. The first-order valence-electron chi connectivity index (χ1n) is 12.7. The summed E-state index contributed by atoms with van der Waals surface area (Å²) in [6.45, 7) is 5.79. The highest BCUT2D eigenvalue weighted by molar-refractivity contribution is 6.32. The molecule has 0 fully saturated rings. The molecule has 41 heavy (non-hydrogen) atoms.